The van der Waals surface area contributed by atoms with Gasteiger partial charge in [-0.05, 0) is 55.5 Å². The van der Waals surface area contributed by atoms with Gasteiger partial charge in [-0.25, -0.2) is 9.78 Å². The number of hydrogen-bond donors (Lipinski definition) is 1. The van der Waals surface area contributed by atoms with E-state index >= 15 is 0 Å². The van der Waals surface area contributed by atoms with Crippen molar-refractivity contribution in [1.82, 2.24) is 4.98 Å². The summed E-state index contributed by atoms with van der Waals surface area (Å²) in [6, 6.07) is 13.9. The first-order valence-corrected chi connectivity index (χ1v) is 7.03. The zero-order chi connectivity index (χ0) is 16.4. The monoisotopic (exact) mass is 309 g/mol. The molecule has 5 heteroatoms. The van der Waals surface area contributed by atoms with E-state index in [-0.39, 0.29) is 5.56 Å². The molecule has 0 saturated carbocycles. The quantitative estimate of drug-likeness (QED) is 0.787. The average Bonchev–Trinajstić information content (AvgIpc) is 2.55. The van der Waals surface area contributed by atoms with Crippen LogP contribution in [0.25, 0.3) is 10.9 Å². The molecular weight excluding hydrogens is 294 g/mol. The fourth-order valence-corrected chi connectivity index (χ4v) is 2.26. The molecule has 23 heavy (non-hydrogen) atoms. The molecule has 0 amide bonds. The van der Waals surface area contributed by atoms with Crippen molar-refractivity contribution in [3.63, 3.8) is 0 Å². The Morgan fingerprint density at radius 2 is 1.74 bits per heavy atom. The third-order valence-corrected chi connectivity index (χ3v) is 3.48. The number of carbonyl (C=O) groups is 1. The molecule has 0 radical (unpaired) electrons. The summed E-state index contributed by atoms with van der Waals surface area (Å²) in [5.41, 5.74) is 1.75. The maximum absolute atomic E-state index is 11.0. The van der Waals surface area contributed by atoms with Crippen molar-refractivity contribution in [2.45, 2.75) is 6.92 Å². The van der Waals surface area contributed by atoms with Crippen LogP contribution in [-0.2, 0) is 0 Å². The third kappa shape index (κ3) is 3.08. The van der Waals surface area contributed by atoms with Crippen molar-refractivity contribution >= 4 is 16.9 Å². The number of rotatable bonds is 4. The minimum atomic E-state index is -0.955. The number of hydrogen-bond acceptors (Lipinski definition) is 4. The summed E-state index contributed by atoms with van der Waals surface area (Å²) in [4.78, 5) is 15.5. The van der Waals surface area contributed by atoms with Crippen molar-refractivity contribution in [2.75, 3.05) is 7.11 Å². The molecule has 3 rings (SSSR count). The predicted molar refractivity (Wildman–Crippen MR) is 86.5 cm³/mol. The lowest BCUT2D eigenvalue weighted by atomic mass is 10.1. The van der Waals surface area contributed by atoms with Gasteiger partial charge in [-0.3, -0.25) is 0 Å². The molecule has 0 saturated heterocycles. The summed E-state index contributed by atoms with van der Waals surface area (Å²) >= 11 is 0. The number of aromatic carboxylic acids is 1. The third-order valence-electron chi connectivity index (χ3n) is 3.48. The van der Waals surface area contributed by atoms with Crippen molar-refractivity contribution in [2.24, 2.45) is 0 Å². The number of aromatic nitrogens is 1. The molecule has 0 aliphatic rings. The standard InChI is InChI=1S/C18H15NO4/c1-11-9-13-10-12(18(20)21)3-8-16(13)19-17(11)23-15-6-4-14(22-2)5-7-15/h3-10H,1-2H3,(H,20,21). The van der Waals surface area contributed by atoms with E-state index in [0.717, 1.165) is 16.7 Å². The van der Waals surface area contributed by atoms with Crippen LogP contribution in [0.4, 0.5) is 0 Å². The lowest BCUT2D eigenvalue weighted by Gasteiger charge is -2.10. The SMILES string of the molecule is COc1ccc(Oc2nc3ccc(C(=O)O)cc3cc2C)cc1. The van der Waals surface area contributed by atoms with Gasteiger partial charge in [-0.2, -0.15) is 0 Å². The normalized spacial score (nSPS) is 10.5. The minimum Gasteiger partial charge on any atom is -0.497 e. The van der Waals surface area contributed by atoms with Gasteiger partial charge in [0.15, 0.2) is 0 Å². The molecule has 0 fully saturated rings. The smallest absolute Gasteiger partial charge is 0.335 e. The molecule has 1 aromatic heterocycles. The number of aryl methyl sites for hydroxylation is 1. The number of pyridine rings is 1. The average molecular weight is 309 g/mol. The Kier molecular flexibility index (Phi) is 3.85. The first kappa shape index (κ1) is 14.8. The van der Waals surface area contributed by atoms with Gasteiger partial charge in [0, 0.05) is 10.9 Å². The number of ether oxygens (including phenoxy) is 2. The summed E-state index contributed by atoms with van der Waals surface area (Å²) in [6.45, 7) is 1.87. The molecule has 0 atom stereocenters. The van der Waals surface area contributed by atoms with Crippen LogP contribution in [-0.4, -0.2) is 23.2 Å². The van der Waals surface area contributed by atoms with E-state index in [2.05, 4.69) is 4.98 Å². The first-order chi connectivity index (χ1) is 11.1. The molecular formula is C18H15NO4. The van der Waals surface area contributed by atoms with Crippen LogP contribution < -0.4 is 9.47 Å². The number of methoxy groups -OCH3 is 1. The molecule has 0 bridgehead atoms. The van der Waals surface area contributed by atoms with Crippen molar-refractivity contribution < 1.29 is 19.4 Å². The number of carboxylic acids is 1. The van der Waals surface area contributed by atoms with Crippen LogP contribution in [0.5, 0.6) is 17.4 Å². The molecule has 0 spiro atoms. The van der Waals surface area contributed by atoms with Crippen LogP contribution in [0.15, 0.2) is 48.5 Å². The van der Waals surface area contributed by atoms with Crippen molar-refractivity contribution in [3.05, 3.63) is 59.7 Å². The molecule has 0 aliphatic carbocycles. The lowest BCUT2D eigenvalue weighted by Crippen LogP contribution is -1.97. The molecule has 2 aromatic carbocycles. The Hall–Kier alpha value is -3.08. The van der Waals surface area contributed by atoms with Crippen LogP contribution in [0.2, 0.25) is 0 Å². The van der Waals surface area contributed by atoms with Crippen LogP contribution >= 0.6 is 0 Å². The van der Waals surface area contributed by atoms with Crippen LogP contribution in [0, 0.1) is 6.92 Å². The number of carboxylic acid groups (broad SMARTS) is 1. The Morgan fingerprint density at radius 3 is 2.39 bits per heavy atom. The highest BCUT2D eigenvalue weighted by molar-refractivity contribution is 5.93. The first-order valence-electron chi connectivity index (χ1n) is 7.03. The highest BCUT2D eigenvalue weighted by Crippen LogP contribution is 2.28. The number of benzene rings is 2. The molecule has 0 aliphatic heterocycles. The summed E-state index contributed by atoms with van der Waals surface area (Å²) in [5.74, 6) is 0.943. The molecule has 116 valence electrons. The highest BCUT2D eigenvalue weighted by Gasteiger charge is 2.09. The molecule has 0 unspecified atom stereocenters. The van der Waals surface area contributed by atoms with Gasteiger partial charge in [0.1, 0.15) is 11.5 Å². The van der Waals surface area contributed by atoms with Crippen molar-refractivity contribution in [1.29, 1.82) is 0 Å². The van der Waals surface area contributed by atoms with E-state index in [1.807, 2.05) is 25.1 Å². The van der Waals surface area contributed by atoms with Gasteiger partial charge >= 0.3 is 5.97 Å². The Balaban J connectivity index is 1.95. The van der Waals surface area contributed by atoms with Crippen LogP contribution in [0.1, 0.15) is 15.9 Å². The fraction of sp³-hybridized carbons (Fsp3) is 0.111. The van der Waals surface area contributed by atoms with E-state index in [1.165, 1.54) is 6.07 Å². The zero-order valence-corrected chi connectivity index (χ0v) is 12.7. The Bertz CT molecular complexity index is 872. The Morgan fingerprint density at radius 1 is 1.04 bits per heavy atom. The summed E-state index contributed by atoms with van der Waals surface area (Å²) in [6.07, 6.45) is 0. The predicted octanol–water partition coefficient (Wildman–Crippen LogP) is 4.04. The maximum atomic E-state index is 11.0. The van der Waals surface area contributed by atoms with E-state index in [4.69, 9.17) is 14.6 Å². The molecule has 3 aromatic rings. The summed E-state index contributed by atoms with van der Waals surface area (Å²) < 4.78 is 10.9. The zero-order valence-electron chi connectivity index (χ0n) is 12.7. The maximum Gasteiger partial charge on any atom is 0.335 e. The molecule has 5 nitrogen and oxygen atoms in total. The molecule has 1 N–H and O–H groups in total. The van der Waals surface area contributed by atoms with Gasteiger partial charge in [0.25, 0.3) is 0 Å². The van der Waals surface area contributed by atoms with Gasteiger partial charge in [0.2, 0.25) is 5.88 Å². The van der Waals surface area contributed by atoms with Crippen LogP contribution in [0.3, 0.4) is 0 Å². The lowest BCUT2D eigenvalue weighted by molar-refractivity contribution is 0.0697. The minimum absolute atomic E-state index is 0.238. The second-order valence-corrected chi connectivity index (χ2v) is 5.10. The summed E-state index contributed by atoms with van der Waals surface area (Å²) in [7, 11) is 1.61. The van der Waals surface area contributed by atoms with E-state index in [9.17, 15) is 4.79 Å². The number of fused-ring (bicyclic) bond motifs is 1. The molecule has 1 heterocycles. The second kappa shape index (κ2) is 5.96. The van der Waals surface area contributed by atoms with Gasteiger partial charge < -0.3 is 14.6 Å². The highest BCUT2D eigenvalue weighted by atomic mass is 16.5. The summed E-state index contributed by atoms with van der Waals surface area (Å²) in [5, 5.41) is 9.82. The van der Waals surface area contributed by atoms with E-state index < -0.39 is 5.97 Å². The Labute approximate surface area is 133 Å². The van der Waals surface area contributed by atoms with E-state index in [0.29, 0.717) is 17.1 Å². The number of nitrogens with zero attached hydrogens (tertiary/aromatic N) is 1. The van der Waals surface area contributed by atoms with E-state index in [1.54, 1.807) is 31.4 Å². The topological polar surface area (TPSA) is 68.7 Å². The fourth-order valence-electron chi connectivity index (χ4n) is 2.26. The van der Waals surface area contributed by atoms with Gasteiger partial charge in [0.05, 0.1) is 18.2 Å². The second-order valence-electron chi connectivity index (χ2n) is 5.10. The largest absolute Gasteiger partial charge is 0.497 e. The van der Waals surface area contributed by atoms with Gasteiger partial charge in [-0.1, -0.05) is 0 Å². The van der Waals surface area contributed by atoms with Crippen molar-refractivity contribution in [3.8, 4) is 17.4 Å². The van der Waals surface area contributed by atoms with Gasteiger partial charge in [-0.15, -0.1) is 0 Å².